The molecule has 1 aliphatic heterocycles. The van der Waals surface area contributed by atoms with E-state index in [9.17, 15) is 9.59 Å². The molecule has 2 aromatic carbocycles. The van der Waals surface area contributed by atoms with Gasteiger partial charge in [-0.25, -0.2) is 4.98 Å². The number of nitrogens with zero attached hydrogens (tertiary/aromatic N) is 2. The van der Waals surface area contributed by atoms with Crippen LogP contribution in [0.3, 0.4) is 0 Å². The molecular formula is C23H21N3O4S. The van der Waals surface area contributed by atoms with Crippen molar-refractivity contribution in [2.75, 3.05) is 30.2 Å². The van der Waals surface area contributed by atoms with Crippen LogP contribution in [0.15, 0.2) is 65.8 Å². The molecule has 0 bridgehead atoms. The molecule has 0 unspecified atom stereocenters. The monoisotopic (exact) mass is 435 g/mol. The summed E-state index contributed by atoms with van der Waals surface area (Å²) >= 11 is 1.45. The third-order valence-corrected chi connectivity index (χ3v) is 5.85. The number of methoxy groups -OCH3 is 2. The van der Waals surface area contributed by atoms with Crippen molar-refractivity contribution >= 4 is 35.0 Å². The standard InChI is InChI=1S/C23H21N3O4S/c1-29-19-10-9-17(12-20(19)30-2)25-22(28)16-7-5-15(6-8-16)13-26-18-4-3-11-24-23(18)31-14-21(26)27/h3-12H,13-14H2,1-2H3,(H,25,28). The Morgan fingerprint density at radius 3 is 2.61 bits per heavy atom. The van der Waals surface area contributed by atoms with E-state index in [1.54, 1.807) is 55.6 Å². The van der Waals surface area contributed by atoms with Crippen LogP contribution in [0.5, 0.6) is 11.5 Å². The lowest BCUT2D eigenvalue weighted by atomic mass is 10.1. The number of carbonyl (C=O) groups is 2. The molecule has 0 spiro atoms. The number of anilines is 2. The quantitative estimate of drug-likeness (QED) is 0.631. The summed E-state index contributed by atoms with van der Waals surface area (Å²) in [6.45, 7) is 0.426. The molecule has 0 aliphatic carbocycles. The molecule has 2 heterocycles. The summed E-state index contributed by atoms with van der Waals surface area (Å²) in [4.78, 5) is 31.1. The number of nitrogens with one attached hydrogen (secondary N) is 1. The van der Waals surface area contributed by atoms with Gasteiger partial charge in [-0.1, -0.05) is 23.9 Å². The van der Waals surface area contributed by atoms with Crippen molar-refractivity contribution in [3.8, 4) is 11.5 Å². The summed E-state index contributed by atoms with van der Waals surface area (Å²) < 4.78 is 10.5. The highest BCUT2D eigenvalue weighted by Crippen LogP contribution is 2.34. The van der Waals surface area contributed by atoms with E-state index in [4.69, 9.17) is 9.47 Å². The van der Waals surface area contributed by atoms with Crippen molar-refractivity contribution in [1.82, 2.24) is 4.98 Å². The molecule has 0 atom stereocenters. The summed E-state index contributed by atoms with van der Waals surface area (Å²) in [6.07, 6.45) is 1.73. The molecule has 1 aliphatic rings. The molecule has 4 rings (SSSR count). The van der Waals surface area contributed by atoms with Crippen LogP contribution in [-0.4, -0.2) is 36.8 Å². The molecule has 2 amide bonds. The van der Waals surface area contributed by atoms with Crippen molar-refractivity contribution in [3.63, 3.8) is 0 Å². The predicted octanol–water partition coefficient (Wildman–Crippen LogP) is 3.99. The van der Waals surface area contributed by atoms with E-state index >= 15 is 0 Å². The molecule has 31 heavy (non-hydrogen) atoms. The third kappa shape index (κ3) is 4.49. The second kappa shape index (κ2) is 9.09. The minimum atomic E-state index is -0.237. The maximum absolute atomic E-state index is 12.6. The first kappa shape index (κ1) is 20.7. The van der Waals surface area contributed by atoms with Gasteiger partial charge in [0.05, 0.1) is 32.2 Å². The fourth-order valence-corrected chi connectivity index (χ4v) is 4.15. The molecule has 158 valence electrons. The normalized spacial score (nSPS) is 12.8. The zero-order chi connectivity index (χ0) is 21.8. The number of hydrogen-bond acceptors (Lipinski definition) is 6. The van der Waals surface area contributed by atoms with E-state index in [2.05, 4.69) is 10.3 Å². The Morgan fingerprint density at radius 2 is 1.87 bits per heavy atom. The smallest absolute Gasteiger partial charge is 0.255 e. The Kier molecular flexibility index (Phi) is 6.08. The van der Waals surface area contributed by atoms with E-state index in [0.29, 0.717) is 35.0 Å². The van der Waals surface area contributed by atoms with Crippen molar-refractivity contribution in [3.05, 3.63) is 71.9 Å². The summed E-state index contributed by atoms with van der Waals surface area (Å²) in [5.41, 5.74) is 2.87. The van der Waals surface area contributed by atoms with Crippen molar-refractivity contribution < 1.29 is 19.1 Å². The van der Waals surface area contributed by atoms with Gasteiger partial charge >= 0.3 is 0 Å². The second-order valence-corrected chi connectivity index (χ2v) is 7.78. The Balaban J connectivity index is 1.46. The predicted molar refractivity (Wildman–Crippen MR) is 120 cm³/mol. The zero-order valence-electron chi connectivity index (χ0n) is 17.1. The topological polar surface area (TPSA) is 80.8 Å². The van der Waals surface area contributed by atoms with E-state index in [0.717, 1.165) is 16.3 Å². The zero-order valence-corrected chi connectivity index (χ0v) is 17.9. The van der Waals surface area contributed by atoms with Crippen LogP contribution in [0.25, 0.3) is 0 Å². The Labute approximate surface area is 184 Å². The molecule has 0 saturated carbocycles. The maximum Gasteiger partial charge on any atom is 0.255 e. The van der Waals surface area contributed by atoms with Gasteiger partial charge in [-0.3, -0.25) is 9.59 Å². The lowest BCUT2D eigenvalue weighted by molar-refractivity contribution is -0.116. The lowest BCUT2D eigenvalue weighted by Gasteiger charge is -2.28. The minimum absolute atomic E-state index is 0.0424. The first-order valence-electron chi connectivity index (χ1n) is 9.59. The van der Waals surface area contributed by atoms with Crippen LogP contribution in [-0.2, 0) is 11.3 Å². The first-order chi connectivity index (χ1) is 15.1. The number of thioether (sulfide) groups is 1. The maximum atomic E-state index is 12.6. The van der Waals surface area contributed by atoms with Gasteiger partial charge in [-0.15, -0.1) is 0 Å². The lowest BCUT2D eigenvalue weighted by Crippen LogP contribution is -2.35. The van der Waals surface area contributed by atoms with Gasteiger partial charge in [0.25, 0.3) is 5.91 Å². The average Bonchev–Trinajstić information content (AvgIpc) is 2.81. The highest BCUT2D eigenvalue weighted by molar-refractivity contribution is 8.00. The molecule has 0 fully saturated rings. The Bertz CT molecular complexity index is 1120. The van der Waals surface area contributed by atoms with Gasteiger partial charge in [0, 0.05) is 23.5 Å². The second-order valence-electron chi connectivity index (χ2n) is 6.82. The van der Waals surface area contributed by atoms with E-state index in [1.165, 1.54) is 11.8 Å². The molecule has 1 aromatic heterocycles. The van der Waals surface area contributed by atoms with Crippen LogP contribution in [0.2, 0.25) is 0 Å². The van der Waals surface area contributed by atoms with Crippen LogP contribution < -0.4 is 19.7 Å². The number of rotatable bonds is 6. The summed E-state index contributed by atoms with van der Waals surface area (Å²) in [6, 6.07) is 16.1. The number of pyridine rings is 1. The van der Waals surface area contributed by atoms with Gasteiger partial charge in [0.2, 0.25) is 5.91 Å². The highest BCUT2D eigenvalue weighted by atomic mass is 32.2. The first-order valence-corrected chi connectivity index (χ1v) is 10.6. The van der Waals surface area contributed by atoms with Crippen LogP contribution in [0, 0.1) is 0 Å². The summed E-state index contributed by atoms with van der Waals surface area (Å²) in [5, 5.41) is 3.71. The van der Waals surface area contributed by atoms with Crippen molar-refractivity contribution in [2.24, 2.45) is 0 Å². The largest absolute Gasteiger partial charge is 0.493 e. The van der Waals surface area contributed by atoms with Crippen LogP contribution in [0.1, 0.15) is 15.9 Å². The number of benzene rings is 2. The van der Waals surface area contributed by atoms with Gasteiger partial charge < -0.3 is 19.7 Å². The number of ether oxygens (including phenoxy) is 2. The molecule has 0 radical (unpaired) electrons. The van der Waals surface area contributed by atoms with E-state index < -0.39 is 0 Å². The average molecular weight is 436 g/mol. The number of fused-ring (bicyclic) bond motifs is 1. The number of aromatic nitrogens is 1. The molecular weight excluding hydrogens is 414 g/mol. The fraction of sp³-hybridized carbons (Fsp3) is 0.174. The molecule has 0 saturated heterocycles. The number of carbonyl (C=O) groups excluding carboxylic acids is 2. The van der Waals surface area contributed by atoms with E-state index in [1.807, 2.05) is 24.3 Å². The molecule has 7 nitrogen and oxygen atoms in total. The van der Waals surface area contributed by atoms with Crippen molar-refractivity contribution in [2.45, 2.75) is 11.6 Å². The Morgan fingerprint density at radius 1 is 1.10 bits per heavy atom. The number of hydrogen-bond donors (Lipinski definition) is 1. The van der Waals surface area contributed by atoms with Gasteiger partial charge in [-0.05, 0) is 42.0 Å². The van der Waals surface area contributed by atoms with Gasteiger partial charge in [0.1, 0.15) is 5.03 Å². The summed E-state index contributed by atoms with van der Waals surface area (Å²) in [7, 11) is 3.10. The number of amides is 2. The van der Waals surface area contributed by atoms with Crippen LogP contribution in [0.4, 0.5) is 11.4 Å². The minimum Gasteiger partial charge on any atom is -0.493 e. The fourth-order valence-electron chi connectivity index (χ4n) is 3.28. The molecule has 8 heteroatoms. The van der Waals surface area contributed by atoms with Gasteiger partial charge in [0.15, 0.2) is 11.5 Å². The van der Waals surface area contributed by atoms with Crippen LogP contribution >= 0.6 is 11.8 Å². The molecule has 1 N–H and O–H groups in total. The Hall–Kier alpha value is -3.52. The SMILES string of the molecule is COc1ccc(NC(=O)c2ccc(CN3C(=O)CSc4ncccc43)cc2)cc1OC. The van der Waals surface area contributed by atoms with Crippen molar-refractivity contribution in [1.29, 1.82) is 0 Å². The highest BCUT2D eigenvalue weighted by Gasteiger charge is 2.25. The van der Waals surface area contributed by atoms with E-state index in [-0.39, 0.29) is 11.8 Å². The van der Waals surface area contributed by atoms with Gasteiger partial charge in [-0.2, -0.15) is 0 Å². The third-order valence-electron chi connectivity index (χ3n) is 4.87. The molecule has 3 aromatic rings. The summed E-state index contributed by atoms with van der Waals surface area (Å²) in [5.74, 6) is 1.30.